The summed E-state index contributed by atoms with van der Waals surface area (Å²) in [5.74, 6) is 0.202. The fourth-order valence-electron chi connectivity index (χ4n) is 2.85. The molecule has 0 unspecified atom stereocenters. The van der Waals surface area contributed by atoms with Crippen molar-refractivity contribution in [2.24, 2.45) is 0 Å². The molecule has 7 heteroatoms. The van der Waals surface area contributed by atoms with E-state index in [9.17, 15) is 13.2 Å². The van der Waals surface area contributed by atoms with Crippen molar-refractivity contribution in [2.45, 2.75) is 19.1 Å². The number of nitrogens with one attached hydrogen (secondary N) is 1. The van der Waals surface area contributed by atoms with Crippen LogP contribution in [0.2, 0.25) is 0 Å². The van der Waals surface area contributed by atoms with Gasteiger partial charge in [0.2, 0.25) is 5.88 Å². The lowest BCUT2D eigenvalue weighted by Gasteiger charge is -2.27. The summed E-state index contributed by atoms with van der Waals surface area (Å²) in [6, 6.07) is 10.6. The molecule has 1 aromatic carbocycles. The fourth-order valence-corrected chi connectivity index (χ4v) is 2.85. The van der Waals surface area contributed by atoms with Crippen LogP contribution in [0, 0.1) is 0 Å². The number of hydrogen-bond donors (Lipinski definition) is 1. The van der Waals surface area contributed by atoms with Gasteiger partial charge in [0.05, 0.1) is 12.2 Å². The number of rotatable bonds is 6. The lowest BCUT2D eigenvalue weighted by Crippen LogP contribution is -2.42. The molecule has 3 rings (SSSR count). The minimum absolute atomic E-state index is 0.202. The quantitative estimate of drug-likeness (QED) is 0.854. The molecule has 1 N–H and O–H groups in total. The number of piperazine rings is 1. The van der Waals surface area contributed by atoms with Crippen LogP contribution in [-0.4, -0.2) is 42.7 Å². The van der Waals surface area contributed by atoms with Gasteiger partial charge in [0, 0.05) is 51.4 Å². The lowest BCUT2D eigenvalue weighted by molar-refractivity contribution is -0.137. The zero-order valence-electron chi connectivity index (χ0n) is 14.4. The third-order valence-corrected chi connectivity index (χ3v) is 4.34. The first-order chi connectivity index (χ1) is 12.5. The Balaban J connectivity index is 1.44. The van der Waals surface area contributed by atoms with Gasteiger partial charge in [-0.15, -0.1) is 0 Å². The molecule has 0 saturated carbocycles. The van der Waals surface area contributed by atoms with E-state index >= 15 is 0 Å². The van der Waals surface area contributed by atoms with E-state index in [2.05, 4.69) is 39.5 Å². The SMILES string of the molecule is FC(F)(F)c1ccc(OCCc2ccc(CN3CCNCC3)cc2)nc1. The number of halogens is 3. The molecule has 0 spiro atoms. The minimum atomic E-state index is -4.38. The Morgan fingerprint density at radius 1 is 1.00 bits per heavy atom. The summed E-state index contributed by atoms with van der Waals surface area (Å²) in [5.41, 5.74) is 1.63. The molecule has 1 aliphatic heterocycles. The van der Waals surface area contributed by atoms with Crippen molar-refractivity contribution in [1.82, 2.24) is 15.2 Å². The minimum Gasteiger partial charge on any atom is -0.477 e. The van der Waals surface area contributed by atoms with Gasteiger partial charge in [0.1, 0.15) is 0 Å². The van der Waals surface area contributed by atoms with E-state index in [0.29, 0.717) is 13.0 Å². The molecule has 0 amide bonds. The number of nitrogens with zero attached hydrogens (tertiary/aromatic N) is 2. The van der Waals surface area contributed by atoms with Crippen LogP contribution in [0.5, 0.6) is 5.88 Å². The van der Waals surface area contributed by atoms with Crippen molar-refractivity contribution in [3.8, 4) is 5.88 Å². The molecule has 0 aliphatic carbocycles. The van der Waals surface area contributed by atoms with Crippen LogP contribution in [0.4, 0.5) is 13.2 Å². The summed E-state index contributed by atoms with van der Waals surface area (Å²) < 4.78 is 42.9. The molecule has 0 atom stereocenters. The standard InChI is InChI=1S/C19H22F3N3O/c20-19(21,22)17-5-6-18(24-13-17)26-12-7-15-1-3-16(4-2-15)14-25-10-8-23-9-11-25/h1-6,13,23H,7-12,14H2. The second-order valence-electron chi connectivity index (χ2n) is 6.32. The molecule has 0 radical (unpaired) electrons. The predicted octanol–water partition coefficient (Wildman–Crippen LogP) is 3.13. The van der Waals surface area contributed by atoms with Gasteiger partial charge in [0.25, 0.3) is 0 Å². The summed E-state index contributed by atoms with van der Waals surface area (Å²) in [4.78, 5) is 6.12. The molecule has 1 aliphatic rings. The smallest absolute Gasteiger partial charge is 0.417 e. The molecule has 0 bridgehead atoms. The van der Waals surface area contributed by atoms with Gasteiger partial charge in [0.15, 0.2) is 0 Å². The third-order valence-electron chi connectivity index (χ3n) is 4.34. The average molecular weight is 365 g/mol. The van der Waals surface area contributed by atoms with Crippen molar-refractivity contribution in [2.75, 3.05) is 32.8 Å². The molecule has 2 aromatic rings. The van der Waals surface area contributed by atoms with Crippen LogP contribution in [0.15, 0.2) is 42.6 Å². The molecule has 1 aromatic heterocycles. The Bertz CT molecular complexity index is 681. The number of benzene rings is 1. The van der Waals surface area contributed by atoms with Gasteiger partial charge in [-0.25, -0.2) is 4.98 Å². The molecule has 1 fully saturated rings. The van der Waals surface area contributed by atoms with Crippen molar-refractivity contribution in [3.63, 3.8) is 0 Å². The van der Waals surface area contributed by atoms with Gasteiger partial charge in [-0.05, 0) is 17.2 Å². The zero-order valence-corrected chi connectivity index (χ0v) is 14.4. The fraction of sp³-hybridized carbons (Fsp3) is 0.421. The maximum absolute atomic E-state index is 12.5. The second kappa shape index (κ2) is 8.51. The Morgan fingerprint density at radius 2 is 1.69 bits per heavy atom. The summed E-state index contributed by atoms with van der Waals surface area (Å²) in [5, 5.41) is 3.34. The van der Waals surface area contributed by atoms with Crippen molar-refractivity contribution < 1.29 is 17.9 Å². The molecule has 1 saturated heterocycles. The van der Waals surface area contributed by atoms with E-state index in [4.69, 9.17) is 4.74 Å². The molecular weight excluding hydrogens is 343 g/mol. The summed E-state index contributed by atoms with van der Waals surface area (Å²) in [7, 11) is 0. The number of pyridine rings is 1. The number of hydrogen-bond acceptors (Lipinski definition) is 4. The number of ether oxygens (including phenoxy) is 1. The Morgan fingerprint density at radius 3 is 2.31 bits per heavy atom. The molecule has 26 heavy (non-hydrogen) atoms. The highest BCUT2D eigenvalue weighted by Crippen LogP contribution is 2.29. The number of aromatic nitrogens is 1. The maximum Gasteiger partial charge on any atom is 0.417 e. The van der Waals surface area contributed by atoms with Crippen LogP contribution >= 0.6 is 0 Å². The van der Waals surface area contributed by atoms with Gasteiger partial charge >= 0.3 is 6.18 Å². The molecule has 140 valence electrons. The molecule has 4 nitrogen and oxygen atoms in total. The van der Waals surface area contributed by atoms with Crippen LogP contribution < -0.4 is 10.1 Å². The van der Waals surface area contributed by atoms with Gasteiger partial charge in [-0.3, -0.25) is 4.90 Å². The lowest BCUT2D eigenvalue weighted by atomic mass is 10.1. The van der Waals surface area contributed by atoms with Crippen molar-refractivity contribution in [3.05, 3.63) is 59.3 Å². The van der Waals surface area contributed by atoms with Crippen LogP contribution in [0.25, 0.3) is 0 Å². The van der Waals surface area contributed by atoms with E-state index in [1.165, 1.54) is 11.6 Å². The van der Waals surface area contributed by atoms with Crippen molar-refractivity contribution >= 4 is 0 Å². The van der Waals surface area contributed by atoms with Gasteiger partial charge in [-0.1, -0.05) is 24.3 Å². The number of alkyl halides is 3. The van der Waals surface area contributed by atoms with E-state index in [0.717, 1.165) is 50.6 Å². The highest BCUT2D eigenvalue weighted by atomic mass is 19.4. The average Bonchev–Trinajstić information content (AvgIpc) is 2.64. The monoisotopic (exact) mass is 365 g/mol. The zero-order chi connectivity index (χ0) is 18.4. The maximum atomic E-state index is 12.5. The predicted molar refractivity (Wildman–Crippen MR) is 93.0 cm³/mol. The Kier molecular flexibility index (Phi) is 6.11. The van der Waals surface area contributed by atoms with E-state index in [1.807, 2.05) is 0 Å². The van der Waals surface area contributed by atoms with Gasteiger partial charge < -0.3 is 10.1 Å². The van der Waals surface area contributed by atoms with Crippen LogP contribution in [0.3, 0.4) is 0 Å². The summed E-state index contributed by atoms with van der Waals surface area (Å²) >= 11 is 0. The summed E-state index contributed by atoms with van der Waals surface area (Å²) in [6.07, 6.45) is -2.91. The Labute approximate surface area is 151 Å². The Hall–Kier alpha value is -2.12. The highest BCUT2D eigenvalue weighted by molar-refractivity contribution is 5.23. The first-order valence-electron chi connectivity index (χ1n) is 8.68. The first-order valence-corrected chi connectivity index (χ1v) is 8.68. The van der Waals surface area contributed by atoms with E-state index < -0.39 is 11.7 Å². The van der Waals surface area contributed by atoms with Gasteiger partial charge in [-0.2, -0.15) is 13.2 Å². The van der Waals surface area contributed by atoms with E-state index in [-0.39, 0.29) is 5.88 Å². The molecule has 2 heterocycles. The highest BCUT2D eigenvalue weighted by Gasteiger charge is 2.30. The van der Waals surface area contributed by atoms with E-state index in [1.54, 1.807) is 0 Å². The van der Waals surface area contributed by atoms with Crippen molar-refractivity contribution in [1.29, 1.82) is 0 Å². The van der Waals surface area contributed by atoms with Crippen LogP contribution in [-0.2, 0) is 19.1 Å². The first kappa shape index (κ1) is 18.7. The second-order valence-corrected chi connectivity index (χ2v) is 6.32. The third kappa shape index (κ3) is 5.44. The molecular formula is C19H22F3N3O. The topological polar surface area (TPSA) is 37.4 Å². The van der Waals surface area contributed by atoms with Crippen LogP contribution in [0.1, 0.15) is 16.7 Å². The summed E-state index contributed by atoms with van der Waals surface area (Å²) in [6.45, 7) is 5.52. The largest absolute Gasteiger partial charge is 0.477 e. The normalized spacial score (nSPS) is 15.8.